The number of hydrogen-bond acceptors (Lipinski definition) is 4. The number of oxime groups is 1. The van der Waals surface area contributed by atoms with E-state index in [2.05, 4.69) is 26.1 Å². The first-order valence-corrected chi connectivity index (χ1v) is 5.27. The second kappa shape index (κ2) is 5.23. The third-order valence-electron chi connectivity index (χ3n) is 1.41. The topological polar surface area (TPSA) is 54.7 Å². The molecule has 4 nitrogen and oxygen atoms in total. The van der Waals surface area contributed by atoms with Gasteiger partial charge in [0.2, 0.25) is 0 Å². The van der Waals surface area contributed by atoms with Crippen LogP contribution in [0.25, 0.3) is 0 Å². The molecule has 0 unspecified atom stereocenters. The molecule has 0 spiro atoms. The molecule has 1 aromatic heterocycles. The molecule has 0 aromatic carbocycles. The predicted molar refractivity (Wildman–Crippen MR) is 61.8 cm³/mol. The molecular weight excluding hydrogens is 260 g/mol. The maximum absolute atomic E-state index is 9.34. The zero-order chi connectivity index (χ0) is 11.3. The largest absolute Gasteiger partial charge is 0.393 e. The Balaban J connectivity index is 2.45. The fraction of sp³-hybridized carbons (Fsp3) is 0.400. The molecule has 5 heteroatoms. The number of hydrogen-bond donors (Lipinski definition) is 1. The van der Waals surface area contributed by atoms with Gasteiger partial charge in [-0.1, -0.05) is 11.2 Å². The van der Waals surface area contributed by atoms with E-state index in [9.17, 15) is 5.11 Å². The first-order valence-electron chi connectivity index (χ1n) is 4.48. The van der Waals surface area contributed by atoms with Crippen molar-refractivity contribution in [1.29, 1.82) is 0 Å². The number of rotatable bonds is 4. The van der Waals surface area contributed by atoms with Crippen molar-refractivity contribution >= 4 is 22.1 Å². The molecule has 0 atom stereocenters. The molecule has 1 heterocycles. The second-order valence-electron chi connectivity index (χ2n) is 3.71. The SMILES string of the molecule is CC(C)(O)CON=Cc1cccc(Br)n1. The number of aliphatic hydroxyl groups is 1. The first-order chi connectivity index (χ1) is 6.97. The number of pyridine rings is 1. The molecule has 1 rings (SSSR count). The fourth-order valence-electron chi connectivity index (χ4n) is 0.782. The third-order valence-corrected chi connectivity index (χ3v) is 1.86. The zero-order valence-corrected chi connectivity index (χ0v) is 10.2. The minimum atomic E-state index is -0.873. The van der Waals surface area contributed by atoms with E-state index in [0.717, 1.165) is 4.60 Å². The van der Waals surface area contributed by atoms with Crippen LogP contribution in [0.15, 0.2) is 28.0 Å². The lowest BCUT2D eigenvalue weighted by Crippen LogP contribution is -2.24. The van der Waals surface area contributed by atoms with E-state index in [0.29, 0.717) is 5.69 Å². The van der Waals surface area contributed by atoms with Gasteiger partial charge < -0.3 is 9.94 Å². The Hall–Kier alpha value is -0.940. The summed E-state index contributed by atoms with van der Waals surface area (Å²) >= 11 is 3.25. The van der Waals surface area contributed by atoms with Crippen molar-refractivity contribution in [2.75, 3.05) is 6.61 Å². The summed E-state index contributed by atoms with van der Waals surface area (Å²) < 4.78 is 0.744. The van der Waals surface area contributed by atoms with Crippen molar-refractivity contribution in [3.8, 4) is 0 Å². The Bertz CT molecular complexity index is 348. The van der Waals surface area contributed by atoms with Crippen molar-refractivity contribution < 1.29 is 9.94 Å². The number of nitrogens with zero attached hydrogens (tertiary/aromatic N) is 2. The van der Waals surface area contributed by atoms with Crippen LogP contribution in [-0.4, -0.2) is 28.5 Å². The van der Waals surface area contributed by atoms with E-state index >= 15 is 0 Å². The van der Waals surface area contributed by atoms with Gasteiger partial charge in [-0.25, -0.2) is 4.98 Å². The summed E-state index contributed by atoms with van der Waals surface area (Å²) in [5.41, 5.74) is -0.178. The Labute approximate surface area is 97.1 Å². The molecule has 1 aromatic rings. The Morgan fingerprint density at radius 2 is 2.33 bits per heavy atom. The molecule has 0 bridgehead atoms. The van der Waals surface area contributed by atoms with Crippen LogP contribution in [0, 0.1) is 0 Å². The van der Waals surface area contributed by atoms with E-state index < -0.39 is 5.60 Å². The second-order valence-corrected chi connectivity index (χ2v) is 4.52. The highest BCUT2D eigenvalue weighted by molar-refractivity contribution is 9.10. The Kier molecular flexibility index (Phi) is 4.23. The van der Waals surface area contributed by atoms with Gasteiger partial charge in [-0.05, 0) is 41.9 Å². The lowest BCUT2D eigenvalue weighted by atomic mass is 10.2. The van der Waals surface area contributed by atoms with Gasteiger partial charge in [-0.2, -0.15) is 0 Å². The summed E-state index contributed by atoms with van der Waals surface area (Å²) in [4.78, 5) is 9.04. The molecule has 0 saturated carbocycles. The van der Waals surface area contributed by atoms with Crippen LogP contribution in [0.2, 0.25) is 0 Å². The average Bonchev–Trinajstić information content (AvgIpc) is 2.11. The molecule has 0 aliphatic heterocycles. The molecule has 0 radical (unpaired) electrons. The van der Waals surface area contributed by atoms with Gasteiger partial charge in [-0.3, -0.25) is 0 Å². The Morgan fingerprint density at radius 3 is 2.93 bits per heavy atom. The lowest BCUT2D eigenvalue weighted by molar-refractivity contribution is -0.0185. The quantitative estimate of drug-likeness (QED) is 0.518. The van der Waals surface area contributed by atoms with Gasteiger partial charge in [0.1, 0.15) is 11.2 Å². The monoisotopic (exact) mass is 272 g/mol. The van der Waals surface area contributed by atoms with Gasteiger partial charge in [-0.15, -0.1) is 0 Å². The van der Waals surface area contributed by atoms with Crippen LogP contribution in [0.5, 0.6) is 0 Å². The summed E-state index contributed by atoms with van der Waals surface area (Å²) in [6, 6.07) is 5.49. The summed E-state index contributed by atoms with van der Waals surface area (Å²) in [6.45, 7) is 3.46. The standard InChI is InChI=1S/C10H13BrN2O2/c1-10(2,14)7-15-12-6-8-4-3-5-9(11)13-8/h3-6,14H,7H2,1-2H3. The predicted octanol–water partition coefficient (Wildman–Crippen LogP) is 1.97. The molecule has 1 N–H and O–H groups in total. The summed E-state index contributed by atoms with van der Waals surface area (Å²) in [6.07, 6.45) is 1.50. The minimum absolute atomic E-state index is 0.150. The number of aromatic nitrogens is 1. The molecule has 0 aliphatic rings. The van der Waals surface area contributed by atoms with Crippen molar-refractivity contribution in [2.45, 2.75) is 19.4 Å². The van der Waals surface area contributed by atoms with E-state index in [-0.39, 0.29) is 6.61 Å². The zero-order valence-electron chi connectivity index (χ0n) is 8.64. The highest BCUT2D eigenvalue weighted by Crippen LogP contribution is 2.05. The first kappa shape index (κ1) is 12.1. The molecular formula is C10H13BrN2O2. The van der Waals surface area contributed by atoms with Crippen LogP contribution in [0.4, 0.5) is 0 Å². The van der Waals surface area contributed by atoms with Crippen LogP contribution >= 0.6 is 15.9 Å². The summed E-state index contributed by atoms with van der Waals surface area (Å²) in [5, 5.41) is 13.0. The van der Waals surface area contributed by atoms with Crippen molar-refractivity contribution in [2.24, 2.45) is 5.16 Å². The Morgan fingerprint density at radius 1 is 1.60 bits per heavy atom. The summed E-state index contributed by atoms with van der Waals surface area (Å²) in [5.74, 6) is 0. The molecule has 0 amide bonds. The minimum Gasteiger partial charge on any atom is -0.393 e. The van der Waals surface area contributed by atoms with E-state index in [1.807, 2.05) is 18.2 Å². The van der Waals surface area contributed by atoms with E-state index in [1.165, 1.54) is 6.21 Å². The molecule has 82 valence electrons. The maximum atomic E-state index is 9.34. The van der Waals surface area contributed by atoms with Crippen LogP contribution in [-0.2, 0) is 4.84 Å². The van der Waals surface area contributed by atoms with Crippen LogP contribution in [0.3, 0.4) is 0 Å². The molecule has 0 saturated heterocycles. The number of halogens is 1. The van der Waals surface area contributed by atoms with Gasteiger partial charge in [0, 0.05) is 0 Å². The van der Waals surface area contributed by atoms with E-state index in [1.54, 1.807) is 13.8 Å². The van der Waals surface area contributed by atoms with Crippen LogP contribution in [0.1, 0.15) is 19.5 Å². The van der Waals surface area contributed by atoms with Crippen molar-refractivity contribution in [3.63, 3.8) is 0 Å². The fourth-order valence-corrected chi connectivity index (χ4v) is 1.14. The summed E-state index contributed by atoms with van der Waals surface area (Å²) in [7, 11) is 0. The van der Waals surface area contributed by atoms with Gasteiger partial charge in [0.15, 0.2) is 0 Å². The normalized spacial score (nSPS) is 12.0. The lowest BCUT2D eigenvalue weighted by Gasteiger charge is -2.13. The van der Waals surface area contributed by atoms with Gasteiger partial charge in [0.05, 0.1) is 17.5 Å². The molecule has 0 fully saturated rings. The van der Waals surface area contributed by atoms with Gasteiger partial charge >= 0.3 is 0 Å². The smallest absolute Gasteiger partial charge is 0.145 e. The molecule has 0 aliphatic carbocycles. The highest BCUT2D eigenvalue weighted by atomic mass is 79.9. The van der Waals surface area contributed by atoms with Crippen LogP contribution < -0.4 is 0 Å². The highest BCUT2D eigenvalue weighted by Gasteiger charge is 2.12. The van der Waals surface area contributed by atoms with Gasteiger partial charge in [0.25, 0.3) is 0 Å². The maximum Gasteiger partial charge on any atom is 0.145 e. The van der Waals surface area contributed by atoms with E-state index in [4.69, 9.17) is 4.84 Å². The average molecular weight is 273 g/mol. The third kappa shape index (κ3) is 5.49. The van der Waals surface area contributed by atoms with Crippen molar-refractivity contribution in [1.82, 2.24) is 4.98 Å². The molecule has 15 heavy (non-hydrogen) atoms. The van der Waals surface area contributed by atoms with Crippen molar-refractivity contribution in [3.05, 3.63) is 28.5 Å².